The van der Waals surface area contributed by atoms with Gasteiger partial charge in [0, 0.05) is 17.5 Å². The van der Waals surface area contributed by atoms with Gasteiger partial charge in [0.25, 0.3) is 0 Å². The summed E-state index contributed by atoms with van der Waals surface area (Å²) in [6.07, 6.45) is 7.37. The van der Waals surface area contributed by atoms with Crippen molar-refractivity contribution >= 4 is 22.5 Å². The highest BCUT2D eigenvalue weighted by Crippen LogP contribution is 2.49. The van der Waals surface area contributed by atoms with Crippen LogP contribution >= 0.6 is 0 Å². The number of carbonyl (C=O) groups is 1. The Morgan fingerprint density at radius 2 is 2.06 bits per heavy atom. The summed E-state index contributed by atoms with van der Waals surface area (Å²) < 4.78 is 46.2. The molecule has 9 heteroatoms. The Morgan fingerprint density at radius 3 is 2.79 bits per heavy atom. The molecule has 1 N–H and O–H groups in total. The SMILES string of the molecule is CC1CC(Oc2ccnc3ccc(F)cc23)CC1C(C(=O)Nc1cnn(C(F)F)c1)C1CC1. The van der Waals surface area contributed by atoms with Crippen LogP contribution < -0.4 is 10.1 Å². The number of rotatable bonds is 7. The number of ether oxygens (including phenoxy) is 1. The first-order valence-electron chi connectivity index (χ1n) is 11.2. The summed E-state index contributed by atoms with van der Waals surface area (Å²) in [5, 5.41) is 7.00. The molecule has 2 heterocycles. The maximum atomic E-state index is 13.8. The summed E-state index contributed by atoms with van der Waals surface area (Å²) >= 11 is 0. The number of fused-ring (bicyclic) bond motifs is 1. The number of amides is 1. The van der Waals surface area contributed by atoms with E-state index < -0.39 is 6.55 Å². The van der Waals surface area contributed by atoms with E-state index in [1.807, 2.05) is 0 Å². The molecular formula is C24H25F3N4O2. The number of nitrogens with one attached hydrogen (secondary N) is 1. The minimum atomic E-state index is -2.75. The molecule has 0 bridgehead atoms. The van der Waals surface area contributed by atoms with E-state index in [0.717, 1.165) is 25.5 Å². The summed E-state index contributed by atoms with van der Waals surface area (Å²) in [6.45, 7) is -0.629. The summed E-state index contributed by atoms with van der Waals surface area (Å²) in [6, 6.07) is 6.16. The smallest absolute Gasteiger partial charge is 0.333 e. The van der Waals surface area contributed by atoms with E-state index in [2.05, 4.69) is 22.3 Å². The molecule has 5 rings (SSSR count). The zero-order valence-corrected chi connectivity index (χ0v) is 18.1. The van der Waals surface area contributed by atoms with Crippen LogP contribution in [0.5, 0.6) is 5.75 Å². The van der Waals surface area contributed by atoms with Crippen molar-refractivity contribution in [3.8, 4) is 5.75 Å². The topological polar surface area (TPSA) is 69.0 Å². The predicted octanol–water partition coefficient (Wildman–Crippen LogP) is 5.42. The van der Waals surface area contributed by atoms with Crippen LogP contribution in [0.3, 0.4) is 0 Å². The number of alkyl halides is 2. The molecular weight excluding hydrogens is 433 g/mol. The van der Waals surface area contributed by atoms with Crippen molar-refractivity contribution < 1.29 is 22.7 Å². The molecule has 4 unspecified atom stereocenters. The van der Waals surface area contributed by atoms with Crippen LogP contribution in [-0.4, -0.2) is 26.8 Å². The highest BCUT2D eigenvalue weighted by molar-refractivity contribution is 5.93. The van der Waals surface area contributed by atoms with Crippen molar-refractivity contribution in [2.75, 3.05) is 5.32 Å². The third-order valence-electron chi connectivity index (χ3n) is 6.82. The quantitative estimate of drug-likeness (QED) is 0.513. The van der Waals surface area contributed by atoms with Gasteiger partial charge in [0.05, 0.1) is 29.7 Å². The van der Waals surface area contributed by atoms with E-state index in [0.29, 0.717) is 27.8 Å². The Labute approximate surface area is 189 Å². The standard InChI is InChI=1S/C24H25F3N4O2/c1-13-8-17(33-21-6-7-28-20-5-4-15(25)9-19(20)21)10-18(13)22(14-2-3-14)23(32)30-16-11-29-31(12-16)24(26)27/h4-7,9,11-14,17-18,22,24H,2-3,8,10H2,1H3,(H,30,32). The lowest BCUT2D eigenvalue weighted by Crippen LogP contribution is -2.32. The number of pyridine rings is 1. The summed E-state index contributed by atoms with van der Waals surface area (Å²) in [5.74, 6) is 0.521. The van der Waals surface area contributed by atoms with Gasteiger partial charge < -0.3 is 10.1 Å². The Balaban J connectivity index is 1.31. The Kier molecular flexibility index (Phi) is 5.72. The molecule has 2 aliphatic carbocycles. The predicted molar refractivity (Wildman–Crippen MR) is 116 cm³/mol. The molecule has 33 heavy (non-hydrogen) atoms. The van der Waals surface area contributed by atoms with E-state index in [9.17, 15) is 18.0 Å². The first-order chi connectivity index (χ1) is 15.9. The van der Waals surface area contributed by atoms with Gasteiger partial charge in [-0.25, -0.2) is 9.07 Å². The van der Waals surface area contributed by atoms with Gasteiger partial charge in [-0.1, -0.05) is 6.92 Å². The first-order valence-corrected chi connectivity index (χ1v) is 11.2. The van der Waals surface area contributed by atoms with Crippen LogP contribution in [0.1, 0.15) is 39.2 Å². The van der Waals surface area contributed by atoms with Gasteiger partial charge in [-0.3, -0.25) is 9.78 Å². The number of aromatic nitrogens is 3. The van der Waals surface area contributed by atoms with Crippen molar-refractivity contribution in [3.05, 3.63) is 48.7 Å². The number of benzene rings is 1. The third-order valence-corrected chi connectivity index (χ3v) is 6.82. The van der Waals surface area contributed by atoms with Crippen molar-refractivity contribution in [2.24, 2.45) is 23.7 Å². The minimum Gasteiger partial charge on any atom is -0.490 e. The monoisotopic (exact) mass is 458 g/mol. The second-order valence-corrected chi connectivity index (χ2v) is 9.16. The number of anilines is 1. The van der Waals surface area contributed by atoms with Gasteiger partial charge in [-0.15, -0.1) is 0 Å². The lowest BCUT2D eigenvalue weighted by atomic mass is 9.81. The van der Waals surface area contributed by atoms with Gasteiger partial charge >= 0.3 is 6.55 Å². The molecule has 0 saturated heterocycles. The van der Waals surface area contributed by atoms with Gasteiger partial charge in [0.2, 0.25) is 5.91 Å². The molecule has 1 amide bonds. The number of carbonyl (C=O) groups excluding carboxylic acids is 1. The van der Waals surface area contributed by atoms with Gasteiger partial charge in [0.1, 0.15) is 11.6 Å². The fraction of sp³-hybridized carbons (Fsp3) is 0.458. The molecule has 6 nitrogen and oxygen atoms in total. The Hall–Kier alpha value is -3.10. The maximum Gasteiger partial charge on any atom is 0.333 e. The largest absolute Gasteiger partial charge is 0.490 e. The highest BCUT2D eigenvalue weighted by Gasteiger charge is 2.47. The second kappa shape index (κ2) is 8.68. The zero-order chi connectivity index (χ0) is 23.1. The van der Waals surface area contributed by atoms with Gasteiger partial charge in [-0.05, 0) is 67.7 Å². The molecule has 3 aromatic rings. The fourth-order valence-corrected chi connectivity index (χ4v) is 5.14. The molecule has 4 atom stereocenters. The number of nitrogens with zero attached hydrogens (tertiary/aromatic N) is 3. The normalized spacial score (nSPS) is 23.7. The molecule has 0 radical (unpaired) electrons. The van der Waals surface area contributed by atoms with Gasteiger partial charge in [0.15, 0.2) is 0 Å². The molecule has 1 aromatic carbocycles. The lowest BCUT2D eigenvalue weighted by Gasteiger charge is -2.25. The van der Waals surface area contributed by atoms with Crippen molar-refractivity contribution in [1.29, 1.82) is 0 Å². The lowest BCUT2D eigenvalue weighted by molar-refractivity contribution is -0.122. The fourth-order valence-electron chi connectivity index (χ4n) is 5.14. The molecule has 2 saturated carbocycles. The molecule has 2 aliphatic rings. The summed E-state index contributed by atoms with van der Waals surface area (Å²) in [5.41, 5.74) is 0.936. The van der Waals surface area contributed by atoms with E-state index >= 15 is 0 Å². The second-order valence-electron chi connectivity index (χ2n) is 9.16. The average molecular weight is 458 g/mol. The van der Waals surface area contributed by atoms with Crippen LogP contribution in [0, 0.1) is 29.5 Å². The van der Waals surface area contributed by atoms with Gasteiger partial charge in [-0.2, -0.15) is 13.9 Å². The summed E-state index contributed by atoms with van der Waals surface area (Å²) in [7, 11) is 0. The Bertz CT molecular complexity index is 1160. The van der Waals surface area contributed by atoms with Crippen LogP contribution in [0.2, 0.25) is 0 Å². The minimum absolute atomic E-state index is 0.102. The van der Waals surface area contributed by atoms with E-state index in [1.54, 1.807) is 18.3 Å². The summed E-state index contributed by atoms with van der Waals surface area (Å²) in [4.78, 5) is 17.4. The van der Waals surface area contributed by atoms with Crippen molar-refractivity contribution in [3.63, 3.8) is 0 Å². The highest BCUT2D eigenvalue weighted by atomic mass is 19.3. The van der Waals surface area contributed by atoms with Crippen LogP contribution in [-0.2, 0) is 4.79 Å². The zero-order valence-electron chi connectivity index (χ0n) is 18.1. The van der Waals surface area contributed by atoms with E-state index in [-0.39, 0.29) is 47.2 Å². The van der Waals surface area contributed by atoms with Crippen molar-refractivity contribution in [1.82, 2.24) is 14.8 Å². The van der Waals surface area contributed by atoms with E-state index in [4.69, 9.17) is 4.74 Å². The molecule has 2 aromatic heterocycles. The van der Waals surface area contributed by atoms with Crippen LogP contribution in [0.4, 0.5) is 18.9 Å². The third kappa shape index (κ3) is 4.54. The molecule has 174 valence electrons. The van der Waals surface area contributed by atoms with Crippen molar-refractivity contribution in [2.45, 2.75) is 45.3 Å². The number of hydrogen-bond acceptors (Lipinski definition) is 4. The van der Waals surface area contributed by atoms with E-state index in [1.165, 1.54) is 18.3 Å². The number of hydrogen-bond donors (Lipinski definition) is 1. The van der Waals surface area contributed by atoms with Crippen LogP contribution in [0.15, 0.2) is 42.9 Å². The number of halogens is 3. The molecule has 2 fully saturated rings. The maximum absolute atomic E-state index is 13.8. The average Bonchev–Trinajstić information content (AvgIpc) is 3.38. The van der Waals surface area contributed by atoms with Crippen LogP contribution in [0.25, 0.3) is 10.9 Å². The Morgan fingerprint density at radius 1 is 1.24 bits per heavy atom. The molecule has 0 aliphatic heterocycles. The first kappa shape index (κ1) is 21.7. The molecule has 0 spiro atoms.